The summed E-state index contributed by atoms with van der Waals surface area (Å²) in [7, 11) is 0. The van der Waals surface area contributed by atoms with Gasteiger partial charge < -0.3 is 10.6 Å². The summed E-state index contributed by atoms with van der Waals surface area (Å²) in [6.45, 7) is 5.89. The van der Waals surface area contributed by atoms with Crippen molar-refractivity contribution < 1.29 is 4.79 Å². The van der Waals surface area contributed by atoms with Crippen LogP contribution in [0.15, 0.2) is 24.3 Å². The van der Waals surface area contributed by atoms with Gasteiger partial charge in [-0.2, -0.15) is 0 Å². The predicted molar refractivity (Wildman–Crippen MR) is 104 cm³/mol. The van der Waals surface area contributed by atoms with Gasteiger partial charge in [0.2, 0.25) is 0 Å². The van der Waals surface area contributed by atoms with E-state index in [4.69, 9.17) is 5.73 Å². The summed E-state index contributed by atoms with van der Waals surface area (Å²) in [4.78, 5) is 20.0. The molecular weight excluding hydrogens is 330 g/mol. The van der Waals surface area contributed by atoms with Gasteiger partial charge in [-0.3, -0.25) is 4.79 Å². The molecule has 1 unspecified atom stereocenters. The van der Waals surface area contributed by atoms with Crippen LogP contribution in [-0.2, 0) is 12.8 Å². The Labute approximate surface area is 154 Å². The number of hydrogen-bond donors (Lipinski definition) is 1. The van der Waals surface area contributed by atoms with Crippen LogP contribution in [0, 0.1) is 12.8 Å². The van der Waals surface area contributed by atoms with E-state index in [0.29, 0.717) is 11.0 Å². The first kappa shape index (κ1) is 17.9. The summed E-state index contributed by atoms with van der Waals surface area (Å²) in [6, 6.07) is 8.59. The van der Waals surface area contributed by atoms with Gasteiger partial charge >= 0.3 is 0 Å². The van der Waals surface area contributed by atoms with Crippen molar-refractivity contribution in [1.82, 2.24) is 9.88 Å². The monoisotopic (exact) mass is 357 g/mol. The Bertz CT molecular complexity index is 740. The Balaban J connectivity index is 1.62. The molecule has 1 fully saturated rings. The number of nitrogens with zero attached hydrogens (tertiary/aromatic N) is 2. The molecule has 1 aromatic heterocycles. The minimum Gasteiger partial charge on any atom is -0.375 e. The van der Waals surface area contributed by atoms with Crippen molar-refractivity contribution in [2.75, 3.05) is 18.8 Å². The number of nitrogen functional groups attached to an aromatic ring is 1. The van der Waals surface area contributed by atoms with E-state index in [2.05, 4.69) is 36.2 Å². The van der Waals surface area contributed by atoms with E-state index >= 15 is 0 Å². The number of hydrogen-bond acceptors (Lipinski definition) is 4. The molecule has 25 heavy (non-hydrogen) atoms. The van der Waals surface area contributed by atoms with Crippen LogP contribution >= 0.6 is 11.3 Å². The summed E-state index contributed by atoms with van der Waals surface area (Å²) in [5.74, 6) is 0.694. The number of piperidine rings is 1. The van der Waals surface area contributed by atoms with Gasteiger partial charge in [0.1, 0.15) is 4.88 Å². The standard InChI is InChI=1S/C20H27N3OS/c1-3-17-18(25-20(21)22-17)19(24)23-12-6-8-15(13-23)10-11-16-9-5-4-7-14(16)2/h4-5,7,9,15H,3,6,8,10-13H2,1-2H3,(H2,21,22). The molecule has 4 nitrogen and oxygen atoms in total. The van der Waals surface area contributed by atoms with Crippen LogP contribution in [0.2, 0.25) is 0 Å². The largest absolute Gasteiger partial charge is 0.375 e. The third kappa shape index (κ3) is 4.21. The average Bonchev–Trinajstić information content (AvgIpc) is 3.01. The van der Waals surface area contributed by atoms with Crippen LogP contribution in [0.3, 0.4) is 0 Å². The normalized spacial score (nSPS) is 17.7. The van der Waals surface area contributed by atoms with Crippen LogP contribution in [0.5, 0.6) is 0 Å². The minimum absolute atomic E-state index is 0.117. The molecule has 5 heteroatoms. The highest BCUT2D eigenvalue weighted by Crippen LogP contribution is 2.27. The quantitative estimate of drug-likeness (QED) is 0.877. The molecule has 1 aromatic carbocycles. The van der Waals surface area contributed by atoms with Crippen LogP contribution in [-0.4, -0.2) is 28.9 Å². The Hall–Kier alpha value is -1.88. The second kappa shape index (κ2) is 8.00. The number of anilines is 1. The molecule has 1 atom stereocenters. The summed E-state index contributed by atoms with van der Waals surface area (Å²) in [5.41, 5.74) is 9.44. The maximum Gasteiger partial charge on any atom is 0.265 e. The van der Waals surface area contributed by atoms with Gasteiger partial charge in [-0.15, -0.1) is 0 Å². The van der Waals surface area contributed by atoms with E-state index in [0.717, 1.165) is 49.3 Å². The molecule has 2 heterocycles. The number of aromatic nitrogens is 1. The van der Waals surface area contributed by atoms with E-state index in [-0.39, 0.29) is 5.91 Å². The fraction of sp³-hybridized carbons (Fsp3) is 0.500. The highest BCUT2D eigenvalue weighted by atomic mass is 32.1. The molecule has 1 amide bonds. The van der Waals surface area contributed by atoms with E-state index in [1.807, 2.05) is 11.8 Å². The van der Waals surface area contributed by atoms with Crippen molar-refractivity contribution >= 4 is 22.4 Å². The lowest BCUT2D eigenvalue weighted by Crippen LogP contribution is -2.40. The van der Waals surface area contributed by atoms with E-state index in [9.17, 15) is 4.79 Å². The lowest BCUT2D eigenvalue weighted by atomic mass is 9.90. The molecule has 2 N–H and O–H groups in total. The number of carbonyl (C=O) groups is 1. The van der Waals surface area contributed by atoms with Crippen molar-refractivity contribution in [3.8, 4) is 0 Å². The molecule has 0 aliphatic carbocycles. The van der Waals surface area contributed by atoms with Gasteiger partial charge in [0.25, 0.3) is 5.91 Å². The number of rotatable bonds is 5. The van der Waals surface area contributed by atoms with Crippen molar-refractivity contribution in [3.05, 3.63) is 46.0 Å². The molecular formula is C20H27N3OS. The van der Waals surface area contributed by atoms with Crippen molar-refractivity contribution in [3.63, 3.8) is 0 Å². The number of likely N-dealkylation sites (tertiary alicyclic amines) is 1. The number of aryl methyl sites for hydroxylation is 3. The Morgan fingerprint density at radius 3 is 2.96 bits per heavy atom. The summed E-state index contributed by atoms with van der Waals surface area (Å²) < 4.78 is 0. The third-order valence-electron chi connectivity index (χ3n) is 5.13. The summed E-state index contributed by atoms with van der Waals surface area (Å²) in [6.07, 6.45) is 5.27. The van der Waals surface area contributed by atoms with Crippen molar-refractivity contribution in [2.24, 2.45) is 5.92 Å². The molecule has 0 spiro atoms. The minimum atomic E-state index is 0.117. The first-order valence-corrected chi connectivity index (χ1v) is 9.99. The van der Waals surface area contributed by atoms with Gasteiger partial charge in [-0.1, -0.05) is 42.5 Å². The first-order valence-electron chi connectivity index (χ1n) is 9.17. The van der Waals surface area contributed by atoms with Gasteiger partial charge in [-0.25, -0.2) is 4.98 Å². The topological polar surface area (TPSA) is 59.2 Å². The fourth-order valence-corrected chi connectivity index (χ4v) is 4.54. The molecule has 0 bridgehead atoms. The zero-order chi connectivity index (χ0) is 17.8. The van der Waals surface area contributed by atoms with E-state index in [1.54, 1.807) is 0 Å². The van der Waals surface area contributed by atoms with Gasteiger partial charge in [0, 0.05) is 13.1 Å². The Morgan fingerprint density at radius 2 is 2.20 bits per heavy atom. The maximum atomic E-state index is 12.9. The summed E-state index contributed by atoms with van der Waals surface area (Å²) in [5, 5.41) is 0.494. The van der Waals surface area contributed by atoms with Crippen LogP contribution in [0.1, 0.15) is 52.7 Å². The second-order valence-corrected chi connectivity index (χ2v) is 7.94. The number of carbonyl (C=O) groups excluding carboxylic acids is 1. The molecule has 3 rings (SSSR count). The van der Waals surface area contributed by atoms with Crippen LogP contribution in [0.4, 0.5) is 5.13 Å². The molecule has 1 saturated heterocycles. The highest BCUT2D eigenvalue weighted by Gasteiger charge is 2.27. The predicted octanol–water partition coefficient (Wildman–Crippen LogP) is 4.08. The van der Waals surface area contributed by atoms with Crippen LogP contribution < -0.4 is 5.73 Å². The molecule has 0 saturated carbocycles. The summed E-state index contributed by atoms with van der Waals surface area (Å²) >= 11 is 1.33. The Kier molecular flexibility index (Phi) is 5.74. The zero-order valence-corrected chi connectivity index (χ0v) is 15.9. The van der Waals surface area contributed by atoms with Gasteiger partial charge in [0.15, 0.2) is 5.13 Å². The second-order valence-electron chi connectivity index (χ2n) is 6.91. The highest BCUT2D eigenvalue weighted by molar-refractivity contribution is 7.17. The van der Waals surface area contributed by atoms with Gasteiger partial charge in [0.05, 0.1) is 5.69 Å². The molecule has 1 aliphatic rings. The number of benzene rings is 1. The van der Waals surface area contributed by atoms with Crippen molar-refractivity contribution in [1.29, 1.82) is 0 Å². The van der Waals surface area contributed by atoms with E-state index in [1.165, 1.54) is 28.9 Å². The zero-order valence-electron chi connectivity index (χ0n) is 15.1. The molecule has 2 aromatic rings. The molecule has 134 valence electrons. The SMILES string of the molecule is CCc1nc(N)sc1C(=O)N1CCCC(CCc2ccccc2C)C1. The Morgan fingerprint density at radius 1 is 1.40 bits per heavy atom. The number of amides is 1. The smallest absolute Gasteiger partial charge is 0.265 e. The third-order valence-corrected chi connectivity index (χ3v) is 6.05. The van der Waals surface area contributed by atoms with E-state index < -0.39 is 0 Å². The molecule has 1 aliphatic heterocycles. The number of nitrogens with two attached hydrogens (primary N) is 1. The average molecular weight is 358 g/mol. The van der Waals surface area contributed by atoms with Crippen molar-refractivity contribution in [2.45, 2.75) is 46.0 Å². The number of thiazole rings is 1. The van der Waals surface area contributed by atoms with Crippen LogP contribution in [0.25, 0.3) is 0 Å². The lowest BCUT2D eigenvalue weighted by molar-refractivity contribution is 0.0672. The fourth-order valence-electron chi connectivity index (χ4n) is 3.66. The lowest BCUT2D eigenvalue weighted by Gasteiger charge is -2.32. The first-order chi connectivity index (χ1) is 12.1. The van der Waals surface area contributed by atoms with Gasteiger partial charge in [-0.05, 0) is 56.1 Å². The molecule has 0 radical (unpaired) electrons. The maximum absolute atomic E-state index is 12.9.